The van der Waals surface area contributed by atoms with Gasteiger partial charge in [0, 0.05) is 26.0 Å². The van der Waals surface area contributed by atoms with Crippen molar-refractivity contribution in [2.24, 2.45) is 0 Å². The molecular weight excluding hydrogens is 319 g/mol. The Hall–Kier alpha value is -1.40. The zero-order chi connectivity index (χ0) is 13.1. The second kappa shape index (κ2) is 5.49. The predicted octanol–water partition coefficient (Wildman–Crippen LogP) is 3.16. The highest BCUT2D eigenvalue weighted by Gasteiger charge is 2.08. The van der Waals surface area contributed by atoms with Gasteiger partial charge in [0.15, 0.2) is 0 Å². The van der Waals surface area contributed by atoms with E-state index in [1.807, 2.05) is 11.4 Å². The molecule has 0 saturated heterocycles. The molecule has 0 spiro atoms. The molecule has 0 saturated carbocycles. The van der Waals surface area contributed by atoms with Gasteiger partial charge >= 0.3 is 0 Å². The van der Waals surface area contributed by atoms with Crippen molar-refractivity contribution in [1.82, 2.24) is 5.32 Å². The van der Waals surface area contributed by atoms with E-state index in [9.17, 15) is 9.18 Å². The van der Waals surface area contributed by atoms with Crippen molar-refractivity contribution in [3.05, 3.63) is 50.4 Å². The van der Waals surface area contributed by atoms with Crippen molar-refractivity contribution in [3.63, 3.8) is 0 Å². The summed E-state index contributed by atoms with van der Waals surface area (Å²) in [5.41, 5.74) is 5.94. The molecular formula is C12H10BrFN2OS. The first-order valence-electron chi connectivity index (χ1n) is 5.12. The quantitative estimate of drug-likeness (QED) is 0.850. The van der Waals surface area contributed by atoms with Gasteiger partial charge in [-0.2, -0.15) is 0 Å². The summed E-state index contributed by atoms with van der Waals surface area (Å²) < 4.78 is 14.1. The number of hydrogen-bond donors (Lipinski definition) is 2. The first-order valence-corrected chi connectivity index (χ1v) is 6.79. The molecule has 94 valence electrons. The van der Waals surface area contributed by atoms with Crippen LogP contribution in [-0.4, -0.2) is 5.91 Å². The number of nitrogens with one attached hydrogen (secondary N) is 1. The molecule has 0 atom stereocenters. The molecule has 2 aromatic rings. The average molecular weight is 329 g/mol. The monoisotopic (exact) mass is 328 g/mol. The van der Waals surface area contributed by atoms with Gasteiger partial charge in [-0.05, 0) is 40.2 Å². The summed E-state index contributed by atoms with van der Waals surface area (Å²) in [6, 6.07) is 5.71. The van der Waals surface area contributed by atoms with Crippen LogP contribution in [0.1, 0.15) is 15.2 Å². The highest BCUT2D eigenvalue weighted by molar-refractivity contribution is 9.10. The molecule has 1 amide bonds. The summed E-state index contributed by atoms with van der Waals surface area (Å²) in [5, 5.41) is 4.64. The van der Waals surface area contributed by atoms with Crippen LogP contribution in [0.3, 0.4) is 0 Å². The van der Waals surface area contributed by atoms with Crippen LogP contribution in [0.2, 0.25) is 0 Å². The molecule has 0 radical (unpaired) electrons. The van der Waals surface area contributed by atoms with Crippen molar-refractivity contribution in [1.29, 1.82) is 0 Å². The van der Waals surface area contributed by atoms with Crippen molar-refractivity contribution in [3.8, 4) is 0 Å². The van der Waals surface area contributed by atoms with Crippen LogP contribution < -0.4 is 11.1 Å². The lowest BCUT2D eigenvalue weighted by atomic mass is 10.2. The molecule has 0 fully saturated rings. The Bertz CT molecular complexity index is 565. The minimum absolute atomic E-state index is 0.225. The third-order valence-electron chi connectivity index (χ3n) is 2.23. The van der Waals surface area contributed by atoms with Gasteiger partial charge in [0.05, 0.1) is 6.54 Å². The average Bonchev–Trinajstić information content (AvgIpc) is 2.70. The van der Waals surface area contributed by atoms with Gasteiger partial charge in [-0.3, -0.25) is 4.79 Å². The van der Waals surface area contributed by atoms with E-state index in [4.69, 9.17) is 5.73 Å². The molecule has 0 aliphatic rings. The van der Waals surface area contributed by atoms with Crippen molar-refractivity contribution in [2.45, 2.75) is 6.54 Å². The Labute approximate surface area is 116 Å². The zero-order valence-electron chi connectivity index (χ0n) is 9.24. The summed E-state index contributed by atoms with van der Waals surface area (Å²) in [5.74, 6) is -0.857. The third kappa shape index (κ3) is 3.30. The summed E-state index contributed by atoms with van der Waals surface area (Å²) in [6.07, 6.45) is 0. The Balaban J connectivity index is 2.03. The van der Waals surface area contributed by atoms with Gasteiger partial charge in [-0.1, -0.05) is 0 Å². The zero-order valence-corrected chi connectivity index (χ0v) is 11.6. The molecule has 6 heteroatoms. The fourth-order valence-corrected chi connectivity index (χ4v) is 2.85. The minimum Gasteiger partial charge on any atom is -0.399 e. The van der Waals surface area contributed by atoms with Crippen LogP contribution in [0.5, 0.6) is 0 Å². The number of carbonyl (C=O) groups excluding carboxylic acids is 1. The second-order valence-corrected chi connectivity index (χ2v) is 5.60. The molecule has 0 bridgehead atoms. The number of benzene rings is 1. The smallest absolute Gasteiger partial charge is 0.251 e. The van der Waals surface area contributed by atoms with E-state index in [1.165, 1.54) is 23.5 Å². The van der Waals surface area contributed by atoms with Gasteiger partial charge < -0.3 is 11.1 Å². The highest BCUT2D eigenvalue weighted by atomic mass is 79.9. The molecule has 3 N–H and O–H groups in total. The minimum atomic E-state index is -0.515. The van der Waals surface area contributed by atoms with Crippen LogP contribution in [0, 0.1) is 5.82 Å². The Morgan fingerprint density at radius 2 is 2.17 bits per heavy atom. The Morgan fingerprint density at radius 1 is 1.39 bits per heavy atom. The number of carbonyl (C=O) groups is 1. The summed E-state index contributed by atoms with van der Waals surface area (Å²) >= 11 is 4.87. The molecule has 1 aromatic carbocycles. The van der Waals surface area contributed by atoms with E-state index >= 15 is 0 Å². The maximum Gasteiger partial charge on any atom is 0.251 e. The summed E-state index contributed by atoms with van der Waals surface area (Å²) in [6.45, 7) is 0.408. The lowest BCUT2D eigenvalue weighted by Crippen LogP contribution is -2.22. The fourth-order valence-electron chi connectivity index (χ4n) is 1.46. The molecule has 18 heavy (non-hydrogen) atoms. The summed E-state index contributed by atoms with van der Waals surface area (Å²) in [4.78, 5) is 12.8. The van der Waals surface area contributed by atoms with Gasteiger partial charge in [-0.25, -0.2) is 4.39 Å². The van der Waals surface area contributed by atoms with Crippen LogP contribution >= 0.6 is 27.3 Å². The van der Waals surface area contributed by atoms with Crippen LogP contribution in [0.25, 0.3) is 0 Å². The van der Waals surface area contributed by atoms with Crippen LogP contribution in [0.4, 0.5) is 10.1 Å². The summed E-state index contributed by atoms with van der Waals surface area (Å²) in [7, 11) is 0. The largest absolute Gasteiger partial charge is 0.399 e. The Morgan fingerprint density at radius 3 is 2.78 bits per heavy atom. The lowest BCUT2D eigenvalue weighted by molar-refractivity contribution is 0.0951. The van der Waals surface area contributed by atoms with E-state index in [0.29, 0.717) is 6.54 Å². The Kier molecular flexibility index (Phi) is 3.98. The number of amides is 1. The standard InChI is InChI=1S/C12H10BrFN2OS/c13-8-3-11(18-6-8)5-16-12(17)7-1-9(14)4-10(15)2-7/h1-4,6H,5,15H2,(H,16,17). The van der Waals surface area contributed by atoms with Gasteiger partial charge in [-0.15, -0.1) is 11.3 Å². The van der Waals surface area contributed by atoms with E-state index in [1.54, 1.807) is 0 Å². The number of thiophene rings is 1. The number of nitrogen functional groups attached to an aromatic ring is 1. The maximum atomic E-state index is 13.1. The van der Waals surface area contributed by atoms with E-state index in [-0.39, 0.29) is 17.2 Å². The molecule has 1 heterocycles. The second-order valence-electron chi connectivity index (χ2n) is 3.69. The lowest BCUT2D eigenvalue weighted by Gasteiger charge is -2.04. The molecule has 2 rings (SSSR count). The normalized spacial score (nSPS) is 10.3. The SMILES string of the molecule is Nc1cc(F)cc(C(=O)NCc2cc(Br)cs2)c1. The molecule has 0 unspecified atom stereocenters. The number of rotatable bonds is 3. The number of nitrogens with two attached hydrogens (primary N) is 1. The van der Waals surface area contributed by atoms with E-state index < -0.39 is 5.82 Å². The molecule has 0 aliphatic heterocycles. The first-order chi connectivity index (χ1) is 8.54. The number of hydrogen-bond acceptors (Lipinski definition) is 3. The third-order valence-corrected chi connectivity index (χ3v) is 3.92. The fraction of sp³-hybridized carbons (Fsp3) is 0.0833. The molecule has 3 nitrogen and oxygen atoms in total. The molecule has 1 aromatic heterocycles. The van der Waals surface area contributed by atoms with Gasteiger partial charge in [0.2, 0.25) is 0 Å². The topological polar surface area (TPSA) is 55.1 Å². The van der Waals surface area contributed by atoms with Crippen molar-refractivity contribution >= 4 is 38.9 Å². The predicted molar refractivity (Wildman–Crippen MR) is 74.0 cm³/mol. The first kappa shape index (κ1) is 13.0. The molecule has 0 aliphatic carbocycles. The maximum absolute atomic E-state index is 13.1. The van der Waals surface area contributed by atoms with Crippen molar-refractivity contribution < 1.29 is 9.18 Å². The highest BCUT2D eigenvalue weighted by Crippen LogP contribution is 2.19. The number of anilines is 1. The van der Waals surface area contributed by atoms with E-state index in [0.717, 1.165) is 15.4 Å². The van der Waals surface area contributed by atoms with Crippen LogP contribution in [-0.2, 0) is 6.54 Å². The van der Waals surface area contributed by atoms with Gasteiger partial charge in [0.1, 0.15) is 5.82 Å². The van der Waals surface area contributed by atoms with E-state index in [2.05, 4.69) is 21.2 Å². The van der Waals surface area contributed by atoms with Crippen LogP contribution in [0.15, 0.2) is 34.1 Å². The number of halogens is 2. The van der Waals surface area contributed by atoms with Gasteiger partial charge in [0.25, 0.3) is 5.91 Å². The van der Waals surface area contributed by atoms with Crippen molar-refractivity contribution in [2.75, 3.05) is 5.73 Å².